The van der Waals surface area contributed by atoms with E-state index in [1.165, 1.54) is 0 Å². The van der Waals surface area contributed by atoms with Crippen molar-refractivity contribution in [2.45, 2.75) is 32.7 Å². The number of amides is 2. The number of carbonyl (C=O) groups is 2. The monoisotopic (exact) mass is 380 g/mol. The smallest absolute Gasteiger partial charge is 0.253 e. The van der Waals surface area contributed by atoms with Gasteiger partial charge in [0.05, 0.1) is 13.2 Å². The van der Waals surface area contributed by atoms with Crippen LogP contribution in [-0.4, -0.2) is 36.9 Å². The molecule has 1 fully saturated rings. The van der Waals surface area contributed by atoms with Crippen molar-refractivity contribution < 1.29 is 14.3 Å². The highest BCUT2D eigenvalue weighted by molar-refractivity contribution is 5.94. The first-order chi connectivity index (χ1) is 13.5. The summed E-state index contributed by atoms with van der Waals surface area (Å²) in [5.74, 6) is 0.818. The Morgan fingerprint density at radius 1 is 1.11 bits per heavy atom. The Kier molecular flexibility index (Phi) is 6.34. The summed E-state index contributed by atoms with van der Waals surface area (Å²) >= 11 is 0. The van der Waals surface area contributed by atoms with Gasteiger partial charge in [0, 0.05) is 24.6 Å². The highest BCUT2D eigenvalue weighted by atomic mass is 16.5. The number of benzene rings is 2. The lowest BCUT2D eigenvalue weighted by Crippen LogP contribution is -2.43. The Balaban J connectivity index is 1.53. The number of piperidine rings is 1. The van der Waals surface area contributed by atoms with E-state index in [-0.39, 0.29) is 23.8 Å². The predicted octanol–water partition coefficient (Wildman–Crippen LogP) is 3.73. The van der Waals surface area contributed by atoms with E-state index in [2.05, 4.69) is 5.32 Å². The molecule has 0 aliphatic carbocycles. The molecule has 1 aliphatic rings. The lowest BCUT2D eigenvalue weighted by atomic mass is 9.94. The van der Waals surface area contributed by atoms with Gasteiger partial charge in [0.15, 0.2) is 0 Å². The minimum Gasteiger partial charge on any atom is -0.497 e. The van der Waals surface area contributed by atoms with Gasteiger partial charge in [-0.05, 0) is 56.5 Å². The van der Waals surface area contributed by atoms with Gasteiger partial charge in [-0.3, -0.25) is 9.59 Å². The van der Waals surface area contributed by atoms with Crippen LogP contribution in [0.25, 0.3) is 0 Å². The van der Waals surface area contributed by atoms with Gasteiger partial charge in [-0.2, -0.15) is 0 Å². The quantitative estimate of drug-likeness (QED) is 0.860. The largest absolute Gasteiger partial charge is 0.497 e. The molecule has 0 radical (unpaired) electrons. The van der Waals surface area contributed by atoms with Gasteiger partial charge in [-0.15, -0.1) is 0 Å². The standard InChI is InChI=1S/C23H28N2O3/c1-16-7-9-19(10-8-16)23(27)25-13-11-18(12-14-25)22(26)24-17(2)20-5-4-6-21(15-20)28-3/h4-10,15,17-18H,11-14H2,1-3H3,(H,24,26)/t17-/m0/s1. The molecule has 28 heavy (non-hydrogen) atoms. The molecule has 1 heterocycles. The number of aryl methyl sites for hydroxylation is 1. The molecule has 2 amide bonds. The van der Waals surface area contributed by atoms with E-state index >= 15 is 0 Å². The minimum absolute atomic E-state index is 0.0450. The summed E-state index contributed by atoms with van der Waals surface area (Å²) in [5, 5.41) is 3.10. The van der Waals surface area contributed by atoms with Crippen molar-refractivity contribution >= 4 is 11.8 Å². The second-order valence-corrected chi connectivity index (χ2v) is 7.44. The van der Waals surface area contributed by atoms with Crippen LogP contribution in [0, 0.1) is 12.8 Å². The first-order valence-corrected chi connectivity index (χ1v) is 9.78. The molecule has 0 aromatic heterocycles. The Morgan fingerprint density at radius 3 is 2.43 bits per heavy atom. The molecule has 0 unspecified atom stereocenters. The number of hydrogen-bond donors (Lipinski definition) is 1. The molecule has 1 N–H and O–H groups in total. The molecule has 148 valence electrons. The van der Waals surface area contributed by atoms with Crippen molar-refractivity contribution in [3.63, 3.8) is 0 Å². The molecule has 1 atom stereocenters. The number of ether oxygens (including phenoxy) is 1. The van der Waals surface area contributed by atoms with E-state index < -0.39 is 0 Å². The third-order valence-corrected chi connectivity index (χ3v) is 5.40. The zero-order valence-electron chi connectivity index (χ0n) is 16.8. The Hall–Kier alpha value is -2.82. The lowest BCUT2D eigenvalue weighted by Gasteiger charge is -2.32. The first kappa shape index (κ1) is 19.9. The highest BCUT2D eigenvalue weighted by Gasteiger charge is 2.28. The van der Waals surface area contributed by atoms with E-state index in [4.69, 9.17) is 4.74 Å². The molecule has 1 aliphatic heterocycles. The van der Waals surface area contributed by atoms with E-state index in [0.717, 1.165) is 16.9 Å². The fraction of sp³-hybridized carbons (Fsp3) is 0.391. The lowest BCUT2D eigenvalue weighted by molar-refractivity contribution is -0.127. The van der Waals surface area contributed by atoms with E-state index in [1.807, 2.05) is 67.3 Å². The van der Waals surface area contributed by atoms with Gasteiger partial charge in [-0.25, -0.2) is 0 Å². The van der Waals surface area contributed by atoms with Crippen LogP contribution < -0.4 is 10.1 Å². The molecule has 2 aromatic carbocycles. The number of likely N-dealkylation sites (tertiary alicyclic amines) is 1. The summed E-state index contributed by atoms with van der Waals surface area (Å²) in [7, 11) is 1.63. The van der Waals surface area contributed by atoms with Crippen molar-refractivity contribution in [2.24, 2.45) is 5.92 Å². The van der Waals surface area contributed by atoms with Crippen LogP contribution in [0.2, 0.25) is 0 Å². The fourth-order valence-electron chi connectivity index (χ4n) is 3.55. The average molecular weight is 380 g/mol. The van der Waals surface area contributed by atoms with Gasteiger partial charge in [0.2, 0.25) is 5.91 Å². The van der Waals surface area contributed by atoms with Gasteiger partial charge in [0.1, 0.15) is 5.75 Å². The number of nitrogens with zero attached hydrogens (tertiary/aromatic N) is 1. The summed E-state index contributed by atoms with van der Waals surface area (Å²) in [5.41, 5.74) is 2.86. The summed E-state index contributed by atoms with van der Waals surface area (Å²) in [6, 6.07) is 15.3. The summed E-state index contributed by atoms with van der Waals surface area (Å²) in [6.07, 6.45) is 1.38. The SMILES string of the molecule is COc1cccc([C@H](C)NC(=O)C2CCN(C(=O)c3ccc(C)cc3)CC2)c1. The van der Waals surface area contributed by atoms with Gasteiger partial charge in [0.25, 0.3) is 5.91 Å². The van der Waals surface area contributed by atoms with Crippen LogP contribution in [0.3, 0.4) is 0 Å². The number of nitrogens with one attached hydrogen (secondary N) is 1. The van der Waals surface area contributed by atoms with Crippen molar-refractivity contribution in [2.75, 3.05) is 20.2 Å². The third kappa shape index (κ3) is 4.71. The van der Waals surface area contributed by atoms with Gasteiger partial charge in [-0.1, -0.05) is 29.8 Å². The summed E-state index contributed by atoms with van der Waals surface area (Å²) in [4.78, 5) is 27.1. The molecular formula is C23H28N2O3. The summed E-state index contributed by atoms with van der Waals surface area (Å²) in [6.45, 7) is 5.20. The average Bonchev–Trinajstić information content (AvgIpc) is 2.74. The maximum Gasteiger partial charge on any atom is 0.253 e. The van der Waals surface area contributed by atoms with Crippen LogP contribution >= 0.6 is 0 Å². The van der Waals surface area contributed by atoms with Crippen molar-refractivity contribution in [3.05, 3.63) is 65.2 Å². The fourth-order valence-corrected chi connectivity index (χ4v) is 3.55. The van der Waals surface area contributed by atoms with Crippen LogP contribution in [0.5, 0.6) is 5.75 Å². The van der Waals surface area contributed by atoms with Gasteiger partial charge >= 0.3 is 0 Å². The predicted molar refractivity (Wildman–Crippen MR) is 109 cm³/mol. The van der Waals surface area contributed by atoms with Gasteiger partial charge < -0.3 is 15.0 Å². The molecule has 5 nitrogen and oxygen atoms in total. The summed E-state index contributed by atoms with van der Waals surface area (Å²) < 4.78 is 5.25. The third-order valence-electron chi connectivity index (χ3n) is 5.40. The second kappa shape index (κ2) is 8.91. The Morgan fingerprint density at radius 2 is 1.79 bits per heavy atom. The second-order valence-electron chi connectivity index (χ2n) is 7.44. The molecule has 0 bridgehead atoms. The Labute approximate surface area is 166 Å². The molecule has 1 saturated heterocycles. The van der Waals surface area contributed by atoms with E-state index in [1.54, 1.807) is 7.11 Å². The number of methoxy groups -OCH3 is 1. The van der Waals surface area contributed by atoms with Crippen molar-refractivity contribution in [1.29, 1.82) is 0 Å². The molecular weight excluding hydrogens is 352 g/mol. The maximum absolute atomic E-state index is 12.7. The van der Waals surface area contributed by atoms with E-state index in [0.29, 0.717) is 31.5 Å². The van der Waals surface area contributed by atoms with E-state index in [9.17, 15) is 9.59 Å². The molecule has 0 saturated carbocycles. The van der Waals surface area contributed by atoms with Crippen molar-refractivity contribution in [1.82, 2.24) is 10.2 Å². The Bertz CT molecular complexity index is 824. The first-order valence-electron chi connectivity index (χ1n) is 9.78. The molecule has 2 aromatic rings. The topological polar surface area (TPSA) is 58.6 Å². The van der Waals surface area contributed by atoms with Crippen LogP contribution in [0.15, 0.2) is 48.5 Å². The molecule has 0 spiro atoms. The number of rotatable bonds is 5. The van der Waals surface area contributed by atoms with Crippen LogP contribution in [-0.2, 0) is 4.79 Å². The normalized spacial score (nSPS) is 15.8. The zero-order chi connectivity index (χ0) is 20.1. The number of carbonyl (C=O) groups excluding carboxylic acids is 2. The highest BCUT2D eigenvalue weighted by Crippen LogP contribution is 2.23. The van der Waals surface area contributed by atoms with Crippen LogP contribution in [0.1, 0.15) is 47.3 Å². The molecule has 5 heteroatoms. The minimum atomic E-state index is -0.0881. The maximum atomic E-state index is 12.7. The van der Waals surface area contributed by atoms with Crippen LogP contribution in [0.4, 0.5) is 0 Å². The zero-order valence-corrected chi connectivity index (χ0v) is 16.8. The van der Waals surface area contributed by atoms with Crippen molar-refractivity contribution in [3.8, 4) is 5.75 Å². The number of hydrogen-bond acceptors (Lipinski definition) is 3. The molecule has 3 rings (SSSR count).